The SMILES string of the molecule is Cc1c([N+](=O)[O-])cc(C(=O)Nc2ccc3oc(-c4cccc(I)c4)nc3c2)cc1[N+](=O)[O-]. The molecule has 1 heterocycles. The van der Waals surface area contributed by atoms with Gasteiger partial charge in [-0.2, -0.15) is 0 Å². The van der Waals surface area contributed by atoms with Crippen molar-refractivity contribution in [2.75, 3.05) is 5.32 Å². The summed E-state index contributed by atoms with van der Waals surface area (Å²) in [5, 5.41) is 25.1. The molecule has 0 aliphatic rings. The number of hydrogen-bond acceptors (Lipinski definition) is 7. The fourth-order valence-corrected chi connectivity index (χ4v) is 3.69. The van der Waals surface area contributed by atoms with Gasteiger partial charge in [0, 0.05) is 27.0 Å². The van der Waals surface area contributed by atoms with E-state index in [0.717, 1.165) is 21.3 Å². The Hall–Kier alpha value is -3.87. The number of hydrogen-bond donors (Lipinski definition) is 1. The van der Waals surface area contributed by atoms with Gasteiger partial charge in [0.05, 0.1) is 15.4 Å². The van der Waals surface area contributed by atoms with Crippen molar-refractivity contribution in [3.63, 3.8) is 0 Å². The van der Waals surface area contributed by atoms with E-state index in [9.17, 15) is 25.0 Å². The van der Waals surface area contributed by atoms with E-state index < -0.39 is 27.1 Å². The molecule has 4 aromatic rings. The van der Waals surface area contributed by atoms with Crippen molar-refractivity contribution in [1.82, 2.24) is 4.98 Å². The second-order valence-corrected chi connectivity index (χ2v) is 8.07. The largest absolute Gasteiger partial charge is 0.436 e. The Kier molecular flexibility index (Phi) is 5.57. The normalized spacial score (nSPS) is 10.8. The summed E-state index contributed by atoms with van der Waals surface area (Å²) in [6.07, 6.45) is 0. The molecular formula is C21H13IN4O6. The fraction of sp³-hybridized carbons (Fsp3) is 0.0476. The van der Waals surface area contributed by atoms with E-state index in [1.807, 2.05) is 24.3 Å². The summed E-state index contributed by atoms with van der Waals surface area (Å²) in [4.78, 5) is 38.1. The fourth-order valence-electron chi connectivity index (χ4n) is 3.15. The molecule has 1 amide bonds. The third kappa shape index (κ3) is 4.14. The highest BCUT2D eigenvalue weighted by atomic mass is 127. The van der Waals surface area contributed by atoms with Gasteiger partial charge in [0.15, 0.2) is 5.58 Å². The Morgan fingerprint density at radius 3 is 2.34 bits per heavy atom. The average Bonchev–Trinajstić information content (AvgIpc) is 3.17. The van der Waals surface area contributed by atoms with Gasteiger partial charge in [0.2, 0.25) is 5.89 Å². The molecule has 0 atom stereocenters. The van der Waals surface area contributed by atoms with Crippen LogP contribution in [0.15, 0.2) is 59.0 Å². The summed E-state index contributed by atoms with van der Waals surface area (Å²) in [5.41, 5.74) is 0.846. The number of halogens is 1. The van der Waals surface area contributed by atoms with E-state index in [1.54, 1.807) is 18.2 Å². The Labute approximate surface area is 193 Å². The lowest BCUT2D eigenvalue weighted by atomic mass is 10.1. The monoisotopic (exact) mass is 544 g/mol. The predicted octanol–water partition coefficient (Wildman–Crippen LogP) is 5.48. The highest BCUT2D eigenvalue weighted by molar-refractivity contribution is 14.1. The number of benzene rings is 3. The molecule has 0 radical (unpaired) electrons. The zero-order valence-corrected chi connectivity index (χ0v) is 18.5. The summed E-state index contributed by atoms with van der Waals surface area (Å²) in [6.45, 7) is 1.27. The van der Waals surface area contributed by atoms with E-state index in [-0.39, 0.29) is 11.1 Å². The number of anilines is 1. The molecule has 32 heavy (non-hydrogen) atoms. The summed E-state index contributed by atoms with van der Waals surface area (Å²) >= 11 is 2.19. The molecule has 0 aliphatic carbocycles. The first kappa shape index (κ1) is 21.4. The predicted molar refractivity (Wildman–Crippen MR) is 125 cm³/mol. The van der Waals surface area contributed by atoms with Gasteiger partial charge in [-0.05, 0) is 65.9 Å². The number of rotatable bonds is 5. The van der Waals surface area contributed by atoms with Crippen LogP contribution in [0.1, 0.15) is 15.9 Å². The molecule has 11 heteroatoms. The van der Waals surface area contributed by atoms with Gasteiger partial charge in [-0.15, -0.1) is 0 Å². The molecule has 0 saturated carbocycles. The maximum Gasteiger partial charge on any atom is 0.279 e. The first-order chi connectivity index (χ1) is 15.2. The molecule has 1 N–H and O–H groups in total. The van der Waals surface area contributed by atoms with Crippen molar-refractivity contribution in [1.29, 1.82) is 0 Å². The van der Waals surface area contributed by atoms with Gasteiger partial charge < -0.3 is 9.73 Å². The zero-order chi connectivity index (χ0) is 23.0. The molecule has 0 spiro atoms. The van der Waals surface area contributed by atoms with E-state index >= 15 is 0 Å². The van der Waals surface area contributed by atoms with Gasteiger partial charge in [-0.25, -0.2) is 4.98 Å². The van der Waals surface area contributed by atoms with Crippen LogP contribution in [0, 0.1) is 30.7 Å². The van der Waals surface area contributed by atoms with Crippen LogP contribution in [0.5, 0.6) is 0 Å². The van der Waals surface area contributed by atoms with Crippen LogP contribution in [0.4, 0.5) is 17.1 Å². The highest BCUT2D eigenvalue weighted by Crippen LogP contribution is 2.30. The number of nitrogens with one attached hydrogen (secondary N) is 1. The van der Waals surface area contributed by atoms with Crippen molar-refractivity contribution >= 4 is 56.7 Å². The van der Waals surface area contributed by atoms with E-state index in [2.05, 4.69) is 32.9 Å². The van der Waals surface area contributed by atoms with Crippen LogP contribution >= 0.6 is 22.6 Å². The van der Waals surface area contributed by atoms with E-state index in [0.29, 0.717) is 22.7 Å². The quantitative estimate of drug-likeness (QED) is 0.199. The maximum atomic E-state index is 12.7. The minimum atomic E-state index is -0.757. The number of carbonyl (C=O) groups is 1. The Morgan fingerprint density at radius 1 is 1.03 bits per heavy atom. The molecule has 0 saturated heterocycles. The standard InChI is InChI=1S/C21H13IN4O6/c1-11-17(25(28)29)8-13(9-18(11)26(30)31)20(27)23-15-5-6-19-16(10-15)24-21(32-19)12-3-2-4-14(22)7-12/h2-10H,1H3,(H,23,27). The number of amides is 1. The number of nitrogens with zero attached hydrogens (tertiary/aromatic N) is 3. The van der Waals surface area contributed by atoms with Crippen molar-refractivity contribution < 1.29 is 19.1 Å². The lowest BCUT2D eigenvalue weighted by Crippen LogP contribution is -2.13. The van der Waals surface area contributed by atoms with Crippen LogP contribution in [0.3, 0.4) is 0 Å². The van der Waals surface area contributed by atoms with Gasteiger partial charge in [-0.3, -0.25) is 25.0 Å². The number of oxazole rings is 1. The van der Waals surface area contributed by atoms with Crippen LogP contribution in [-0.4, -0.2) is 20.7 Å². The molecule has 3 aromatic carbocycles. The van der Waals surface area contributed by atoms with Crippen LogP contribution in [0.2, 0.25) is 0 Å². The van der Waals surface area contributed by atoms with Gasteiger partial charge >= 0.3 is 0 Å². The van der Waals surface area contributed by atoms with Gasteiger partial charge in [-0.1, -0.05) is 6.07 Å². The summed E-state index contributed by atoms with van der Waals surface area (Å²) < 4.78 is 6.80. The number of nitro benzene ring substituents is 2. The van der Waals surface area contributed by atoms with Crippen molar-refractivity contribution in [3.8, 4) is 11.5 Å². The van der Waals surface area contributed by atoms with Crippen LogP contribution < -0.4 is 5.32 Å². The number of fused-ring (bicyclic) bond motifs is 1. The summed E-state index contributed by atoms with van der Waals surface area (Å²) in [6, 6.07) is 14.5. The lowest BCUT2D eigenvalue weighted by molar-refractivity contribution is -0.395. The average molecular weight is 544 g/mol. The molecule has 4 rings (SSSR count). The second-order valence-electron chi connectivity index (χ2n) is 6.82. The van der Waals surface area contributed by atoms with Crippen molar-refractivity contribution in [3.05, 3.63) is 89.5 Å². The van der Waals surface area contributed by atoms with Crippen LogP contribution in [-0.2, 0) is 0 Å². The minimum absolute atomic E-state index is 0.122. The van der Waals surface area contributed by atoms with Gasteiger partial charge in [0.1, 0.15) is 11.1 Å². The zero-order valence-electron chi connectivity index (χ0n) is 16.4. The Bertz CT molecular complexity index is 1380. The van der Waals surface area contributed by atoms with E-state index in [4.69, 9.17) is 4.42 Å². The Morgan fingerprint density at radius 2 is 1.72 bits per heavy atom. The van der Waals surface area contributed by atoms with Gasteiger partial charge in [0.25, 0.3) is 17.3 Å². The third-order valence-electron chi connectivity index (χ3n) is 4.73. The first-order valence-electron chi connectivity index (χ1n) is 9.14. The topological polar surface area (TPSA) is 141 Å². The minimum Gasteiger partial charge on any atom is -0.436 e. The lowest BCUT2D eigenvalue weighted by Gasteiger charge is -2.06. The third-order valence-corrected chi connectivity index (χ3v) is 5.40. The molecule has 0 bridgehead atoms. The molecular weight excluding hydrogens is 531 g/mol. The van der Waals surface area contributed by atoms with Crippen LogP contribution in [0.25, 0.3) is 22.6 Å². The van der Waals surface area contributed by atoms with Crippen molar-refractivity contribution in [2.24, 2.45) is 0 Å². The van der Waals surface area contributed by atoms with Crippen molar-refractivity contribution in [2.45, 2.75) is 6.92 Å². The summed E-state index contributed by atoms with van der Waals surface area (Å²) in [7, 11) is 0. The molecule has 10 nitrogen and oxygen atoms in total. The maximum absolute atomic E-state index is 12.7. The number of carbonyl (C=O) groups excluding carboxylic acids is 1. The summed E-state index contributed by atoms with van der Waals surface area (Å²) in [5.74, 6) is -0.302. The second kappa shape index (κ2) is 8.34. The number of aromatic nitrogens is 1. The van der Waals surface area contributed by atoms with E-state index in [1.165, 1.54) is 6.92 Å². The molecule has 0 unspecified atom stereocenters. The molecule has 160 valence electrons. The molecule has 1 aromatic heterocycles. The first-order valence-corrected chi connectivity index (χ1v) is 10.2. The molecule has 0 fully saturated rings. The smallest absolute Gasteiger partial charge is 0.279 e. The highest BCUT2D eigenvalue weighted by Gasteiger charge is 2.25. The number of nitro groups is 2. The Balaban J connectivity index is 1.65. The molecule has 0 aliphatic heterocycles.